The van der Waals surface area contributed by atoms with Gasteiger partial charge >= 0.3 is 6.11 Å². The van der Waals surface area contributed by atoms with Crippen molar-refractivity contribution in [3.05, 3.63) is 88.2 Å². The third-order valence-electron chi connectivity index (χ3n) is 6.38. The van der Waals surface area contributed by atoms with Crippen LogP contribution in [0.1, 0.15) is 49.2 Å². The first-order valence-corrected chi connectivity index (χ1v) is 12.1. The minimum Gasteiger partial charge on any atom is -0.428 e. The third-order valence-corrected chi connectivity index (χ3v) is 6.38. The highest BCUT2D eigenvalue weighted by Gasteiger charge is 2.42. The SMILES string of the molecule is CCCCC1COC(c2ccc(-c3cc(F)c(C(F)(F)Oc4cc(F)c(F)c(F)c4C)c(F)c3)cc2)OC1. The van der Waals surface area contributed by atoms with E-state index in [-0.39, 0.29) is 11.6 Å². The van der Waals surface area contributed by atoms with E-state index in [1.807, 2.05) is 0 Å². The van der Waals surface area contributed by atoms with Crippen LogP contribution >= 0.6 is 0 Å². The van der Waals surface area contributed by atoms with Crippen LogP contribution in [-0.4, -0.2) is 13.2 Å². The van der Waals surface area contributed by atoms with Crippen molar-refractivity contribution in [2.24, 2.45) is 5.92 Å². The Kier molecular flexibility index (Phi) is 8.32. The van der Waals surface area contributed by atoms with Crippen molar-refractivity contribution in [3.8, 4) is 16.9 Å². The Hall–Kier alpha value is -3.11. The molecular weight excluding hydrogens is 517 g/mol. The van der Waals surface area contributed by atoms with Crippen LogP contribution in [0, 0.1) is 41.9 Å². The zero-order chi connectivity index (χ0) is 27.6. The van der Waals surface area contributed by atoms with Crippen molar-refractivity contribution in [2.75, 3.05) is 13.2 Å². The fourth-order valence-corrected chi connectivity index (χ4v) is 4.21. The second kappa shape index (κ2) is 11.3. The van der Waals surface area contributed by atoms with Crippen LogP contribution in [0.4, 0.5) is 30.7 Å². The minimum absolute atomic E-state index is 0.0359. The van der Waals surface area contributed by atoms with Gasteiger partial charge in [0.1, 0.15) is 22.9 Å². The molecule has 0 atom stereocenters. The van der Waals surface area contributed by atoms with Crippen LogP contribution in [0.2, 0.25) is 0 Å². The number of hydrogen-bond acceptors (Lipinski definition) is 3. The van der Waals surface area contributed by atoms with E-state index in [0.29, 0.717) is 42.4 Å². The molecule has 1 saturated heterocycles. The summed E-state index contributed by atoms with van der Waals surface area (Å²) in [6, 6.07) is 7.94. The van der Waals surface area contributed by atoms with E-state index >= 15 is 0 Å². The maximum absolute atomic E-state index is 14.8. The fraction of sp³-hybridized carbons (Fsp3) is 0.357. The number of hydrogen-bond donors (Lipinski definition) is 0. The zero-order valence-corrected chi connectivity index (χ0v) is 20.6. The summed E-state index contributed by atoms with van der Waals surface area (Å²) in [6.45, 7) is 4.07. The third kappa shape index (κ3) is 5.81. The Morgan fingerprint density at radius 1 is 0.842 bits per heavy atom. The van der Waals surface area contributed by atoms with Gasteiger partial charge in [-0.1, -0.05) is 44.0 Å². The molecule has 0 N–H and O–H groups in total. The van der Waals surface area contributed by atoms with Crippen molar-refractivity contribution in [2.45, 2.75) is 45.5 Å². The normalized spacial score (nSPS) is 18.0. The molecule has 10 heteroatoms. The van der Waals surface area contributed by atoms with Crippen LogP contribution < -0.4 is 4.74 Å². The van der Waals surface area contributed by atoms with Gasteiger partial charge in [0.25, 0.3) is 0 Å². The van der Waals surface area contributed by atoms with Gasteiger partial charge in [0.2, 0.25) is 0 Å². The molecule has 38 heavy (non-hydrogen) atoms. The second-order valence-electron chi connectivity index (χ2n) is 9.17. The Labute approximate surface area is 215 Å². The summed E-state index contributed by atoms with van der Waals surface area (Å²) in [6.07, 6.45) is -2.07. The largest absolute Gasteiger partial charge is 0.432 e. The lowest BCUT2D eigenvalue weighted by atomic mass is 10.0. The van der Waals surface area contributed by atoms with E-state index in [4.69, 9.17) is 9.47 Å². The number of benzene rings is 3. The van der Waals surface area contributed by atoms with Gasteiger partial charge in [-0.2, -0.15) is 8.78 Å². The van der Waals surface area contributed by atoms with E-state index in [2.05, 4.69) is 11.7 Å². The molecule has 1 heterocycles. The average molecular weight is 542 g/mol. The molecule has 0 radical (unpaired) electrons. The molecule has 1 aliphatic rings. The number of rotatable bonds is 8. The molecule has 1 aliphatic heterocycles. The highest BCUT2D eigenvalue weighted by Crippen LogP contribution is 2.39. The van der Waals surface area contributed by atoms with Crippen LogP contribution in [-0.2, 0) is 15.6 Å². The number of ether oxygens (including phenoxy) is 3. The first kappa shape index (κ1) is 27.9. The summed E-state index contributed by atoms with van der Waals surface area (Å²) in [5.41, 5.74) is -1.56. The predicted octanol–water partition coefficient (Wildman–Crippen LogP) is 8.34. The molecule has 0 unspecified atom stereocenters. The van der Waals surface area contributed by atoms with E-state index in [0.717, 1.165) is 26.2 Å². The smallest absolute Gasteiger partial charge is 0.428 e. The van der Waals surface area contributed by atoms with Gasteiger partial charge in [-0.05, 0) is 36.6 Å². The molecular formula is C28H25F7O3. The first-order chi connectivity index (χ1) is 18.0. The van der Waals surface area contributed by atoms with Gasteiger partial charge in [0.15, 0.2) is 23.7 Å². The molecule has 3 aromatic carbocycles. The van der Waals surface area contributed by atoms with Crippen molar-refractivity contribution in [1.82, 2.24) is 0 Å². The molecule has 204 valence electrons. The van der Waals surface area contributed by atoms with Gasteiger partial charge in [0.05, 0.1) is 13.2 Å². The Bertz CT molecular complexity index is 1260. The van der Waals surface area contributed by atoms with Gasteiger partial charge in [0, 0.05) is 23.1 Å². The van der Waals surface area contributed by atoms with Crippen molar-refractivity contribution >= 4 is 0 Å². The monoisotopic (exact) mass is 542 g/mol. The summed E-state index contributed by atoms with van der Waals surface area (Å²) in [7, 11) is 0. The minimum atomic E-state index is -4.66. The standard InChI is InChI=1S/C28H25F7O3/c1-3-4-5-16-13-36-27(37-14-16)18-8-6-17(7-9-18)19-10-20(29)24(21(30)11-19)28(34,35)38-23-12-22(31)26(33)25(32)15(23)2/h6-12,16,27H,3-5,13-14H2,1-2H3. The van der Waals surface area contributed by atoms with Crippen LogP contribution in [0.3, 0.4) is 0 Å². The Morgan fingerprint density at radius 3 is 2.03 bits per heavy atom. The lowest BCUT2D eigenvalue weighted by Gasteiger charge is -2.29. The van der Waals surface area contributed by atoms with E-state index in [1.165, 1.54) is 0 Å². The molecule has 0 spiro atoms. The van der Waals surface area contributed by atoms with E-state index in [1.54, 1.807) is 24.3 Å². The molecule has 0 amide bonds. The zero-order valence-electron chi connectivity index (χ0n) is 20.6. The van der Waals surface area contributed by atoms with Crippen LogP contribution in [0.5, 0.6) is 5.75 Å². The van der Waals surface area contributed by atoms with Crippen LogP contribution in [0.25, 0.3) is 11.1 Å². The number of unbranched alkanes of at least 4 members (excludes halogenated alkanes) is 1. The Balaban J connectivity index is 1.52. The molecule has 3 aromatic rings. The average Bonchev–Trinajstić information content (AvgIpc) is 2.89. The summed E-state index contributed by atoms with van der Waals surface area (Å²) in [5, 5.41) is 0. The highest BCUT2D eigenvalue weighted by atomic mass is 19.3. The maximum Gasteiger partial charge on any atom is 0.432 e. The van der Waals surface area contributed by atoms with Crippen LogP contribution in [0.15, 0.2) is 42.5 Å². The van der Waals surface area contributed by atoms with Crippen molar-refractivity contribution in [1.29, 1.82) is 0 Å². The molecule has 3 nitrogen and oxygen atoms in total. The van der Waals surface area contributed by atoms with Crippen molar-refractivity contribution in [3.63, 3.8) is 0 Å². The summed E-state index contributed by atoms with van der Waals surface area (Å²) in [5.74, 6) is -9.51. The summed E-state index contributed by atoms with van der Waals surface area (Å²) in [4.78, 5) is 0. The molecule has 4 rings (SSSR count). The molecule has 0 bridgehead atoms. The Morgan fingerprint density at radius 2 is 1.45 bits per heavy atom. The van der Waals surface area contributed by atoms with Gasteiger partial charge in [-0.3, -0.25) is 0 Å². The predicted molar refractivity (Wildman–Crippen MR) is 125 cm³/mol. The van der Waals surface area contributed by atoms with Crippen molar-refractivity contribution < 1.29 is 44.9 Å². The number of halogens is 7. The molecule has 0 aliphatic carbocycles. The molecule has 0 saturated carbocycles. The van der Waals surface area contributed by atoms with Gasteiger partial charge in [-0.15, -0.1) is 0 Å². The van der Waals surface area contributed by atoms with E-state index < -0.39 is 58.4 Å². The van der Waals surface area contributed by atoms with Gasteiger partial charge < -0.3 is 14.2 Å². The second-order valence-corrected chi connectivity index (χ2v) is 9.17. The number of alkyl halides is 2. The topological polar surface area (TPSA) is 27.7 Å². The summed E-state index contributed by atoms with van der Waals surface area (Å²) >= 11 is 0. The summed E-state index contributed by atoms with van der Waals surface area (Å²) < 4.78 is 115. The first-order valence-electron chi connectivity index (χ1n) is 12.1. The highest BCUT2D eigenvalue weighted by molar-refractivity contribution is 5.64. The van der Waals surface area contributed by atoms with Gasteiger partial charge in [-0.25, -0.2) is 22.0 Å². The lowest BCUT2D eigenvalue weighted by Crippen LogP contribution is -2.27. The molecule has 1 fully saturated rings. The fourth-order valence-electron chi connectivity index (χ4n) is 4.21. The maximum atomic E-state index is 14.8. The molecule has 0 aromatic heterocycles. The van der Waals surface area contributed by atoms with E-state index in [9.17, 15) is 30.7 Å². The lowest BCUT2D eigenvalue weighted by molar-refractivity contribution is -0.206. The quantitative estimate of drug-likeness (QED) is 0.212.